The maximum atomic E-state index is 4.48. The molecule has 0 N–H and O–H groups in total. The predicted molar refractivity (Wildman–Crippen MR) is 65.8 cm³/mol. The van der Waals surface area contributed by atoms with E-state index in [9.17, 15) is 0 Å². The van der Waals surface area contributed by atoms with Gasteiger partial charge < -0.3 is 0 Å². The van der Waals surface area contributed by atoms with Crippen LogP contribution in [0.1, 0.15) is 0 Å². The molecule has 0 heterocycles. The third kappa shape index (κ3) is 2.48. The van der Waals surface area contributed by atoms with Crippen molar-refractivity contribution >= 4 is 25.9 Å². The zero-order valence-electron chi connectivity index (χ0n) is 8.25. The topological polar surface area (TPSA) is 0 Å². The minimum atomic E-state index is -1.32. The fraction of sp³-hybridized carbons (Fsp3) is 0.273. The third-order valence-electron chi connectivity index (χ3n) is 2.29. The molecule has 1 aromatic rings. The minimum Gasteiger partial charge on any atom is -0.144 e. The molecular weight excluding hydrogens is 192 g/mol. The summed E-state index contributed by atoms with van der Waals surface area (Å²) in [5.74, 6) is 0. The van der Waals surface area contributed by atoms with Gasteiger partial charge in [-0.1, -0.05) is 37.4 Å². The van der Waals surface area contributed by atoms with Gasteiger partial charge in [0.05, 0.1) is 8.07 Å². The highest BCUT2D eigenvalue weighted by molar-refractivity contribution is 7.80. The Morgan fingerprint density at radius 2 is 2.00 bits per heavy atom. The van der Waals surface area contributed by atoms with Crippen molar-refractivity contribution in [3.63, 3.8) is 0 Å². The summed E-state index contributed by atoms with van der Waals surface area (Å²) < 4.78 is 0. The van der Waals surface area contributed by atoms with E-state index >= 15 is 0 Å². The van der Waals surface area contributed by atoms with Crippen LogP contribution in [0.4, 0.5) is 0 Å². The first-order valence-electron chi connectivity index (χ1n) is 4.47. The monoisotopic (exact) mass is 208 g/mol. The molecule has 0 nitrogen and oxygen atoms in total. The SMILES string of the molecule is C=CC[Si](C)(C)c1ccccc1S. The van der Waals surface area contributed by atoms with Crippen LogP contribution < -0.4 is 5.19 Å². The highest BCUT2D eigenvalue weighted by Crippen LogP contribution is 2.14. The highest BCUT2D eigenvalue weighted by Gasteiger charge is 2.23. The molecule has 2 heteroatoms. The smallest absolute Gasteiger partial charge is 0.0857 e. The number of hydrogen-bond acceptors (Lipinski definition) is 1. The van der Waals surface area contributed by atoms with Gasteiger partial charge in [0.15, 0.2) is 0 Å². The van der Waals surface area contributed by atoms with E-state index in [-0.39, 0.29) is 0 Å². The summed E-state index contributed by atoms with van der Waals surface area (Å²) >= 11 is 4.48. The fourth-order valence-electron chi connectivity index (χ4n) is 1.52. The summed E-state index contributed by atoms with van der Waals surface area (Å²) in [4.78, 5) is 1.13. The summed E-state index contributed by atoms with van der Waals surface area (Å²) in [6, 6.07) is 9.50. The Morgan fingerprint density at radius 1 is 1.38 bits per heavy atom. The minimum absolute atomic E-state index is 1.12. The van der Waals surface area contributed by atoms with Gasteiger partial charge in [-0.3, -0.25) is 0 Å². The van der Waals surface area contributed by atoms with Crippen LogP contribution >= 0.6 is 12.6 Å². The van der Waals surface area contributed by atoms with Gasteiger partial charge in [0, 0.05) is 4.90 Å². The zero-order chi connectivity index (χ0) is 9.90. The molecule has 1 rings (SSSR count). The normalized spacial score (nSPS) is 11.3. The van der Waals surface area contributed by atoms with Crippen LogP contribution in [-0.4, -0.2) is 8.07 Å². The molecule has 0 saturated heterocycles. The molecular formula is C11H16SSi. The quantitative estimate of drug-likeness (QED) is 0.440. The number of benzene rings is 1. The van der Waals surface area contributed by atoms with Crippen molar-refractivity contribution in [2.24, 2.45) is 0 Å². The van der Waals surface area contributed by atoms with E-state index in [2.05, 4.69) is 50.5 Å². The molecule has 0 atom stereocenters. The first kappa shape index (κ1) is 10.6. The van der Waals surface area contributed by atoms with Gasteiger partial charge >= 0.3 is 0 Å². The number of thiol groups is 1. The predicted octanol–water partition coefficient (Wildman–Crippen LogP) is 3.08. The molecule has 1 aromatic carbocycles. The Morgan fingerprint density at radius 3 is 2.54 bits per heavy atom. The average Bonchev–Trinajstić information content (AvgIpc) is 2.04. The van der Waals surface area contributed by atoms with Crippen LogP contribution in [0, 0.1) is 0 Å². The van der Waals surface area contributed by atoms with Gasteiger partial charge in [-0.05, 0) is 17.3 Å². The van der Waals surface area contributed by atoms with Gasteiger partial charge in [0.2, 0.25) is 0 Å². The number of hydrogen-bond donors (Lipinski definition) is 1. The Balaban J connectivity index is 3.06. The lowest BCUT2D eigenvalue weighted by Gasteiger charge is -2.22. The summed E-state index contributed by atoms with van der Waals surface area (Å²) in [6.07, 6.45) is 2.02. The third-order valence-corrected chi connectivity index (χ3v) is 6.09. The molecule has 0 amide bonds. The standard InChI is InChI=1S/C11H16SSi/c1-4-9-13(2,3)11-8-6-5-7-10(11)12/h4-8,12H,1,9H2,2-3H3. The van der Waals surface area contributed by atoms with Crippen LogP contribution in [0.25, 0.3) is 0 Å². The van der Waals surface area contributed by atoms with Gasteiger partial charge in [-0.2, -0.15) is 0 Å². The molecule has 13 heavy (non-hydrogen) atoms. The average molecular weight is 208 g/mol. The number of rotatable bonds is 3. The maximum Gasteiger partial charge on any atom is 0.0857 e. The summed E-state index contributed by atoms with van der Waals surface area (Å²) in [5.41, 5.74) is 0. The Labute approximate surface area is 87.1 Å². The molecule has 0 aliphatic carbocycles. The Kier molecular flexibility index (Phi) is 3.39. The second kappa shape index (κ2) is 4.16. The lowest BCUT2D eigenvalue weighted by atomic mass is 10.4. The number of allylic oxidation sites excluding steroid dienone is 1. The van der Waals surface area contributed by atoms with Crippen LogP contribution in [0.5, 0.6) is 0 Å². The second-order valence-electron chi connectivity index (χ2n) is 3.89. The van der Waals surface area contributed by atoms with E-state index in [4.69, 9.17) is 0 Å². The zero-order valence-corrected chi connectivity index (χ0v) is 10.1. The molecule has 0 fully saturated rings. The van der Waals surface area contributed by atoms with Crippen LogP contribution in [-0.2, 0) is 0 Å². The summed E-state index contributed by atoms with van der Waals surface area (Å²) in [5, 5.41) is 1.43. The molecule has 0 saturated carbocycles. The first-order valence-corrected chi connectivity index (χ1v) is 8.13. The molecule has 0 spiro atoms. The van der Waals surface area contributed by atoms with Crippen LogP contribution in [0.2, 0.25) is 19.1 Å². The van der Waals surface area contributed by atoms with Crippen molar-refractivity contribution in [2.45, 2.75) is 24.0 Å². The highest BCUT2D eigenvalue weighted by atomic mass is 32.1. The lowest BCUT2D eigenvalue weighted by Crippen LogP contribution is -2.41. The van der Waals surface area contributed by atoms with E-state index in [1.54, 1.807) is 0 Å². The molecule has 0 aliphatic rings. The molecule has 0 aliphatic heterocycles. The molecule has 0 aromatic heterocycles. The molecule has 0 bridgehead atoms. The summed E-state index contributed by atoms with van der Waals surface area (Å²) in [7, 11) is -1.32. The van der Waals surface area contributed by atoms with Crippen molar-refractivity contribution in [1.29, 1.82) is 0 Å². The van der Waals surface area contributed by atoms with Gasteiger partial charge in [-0.15, -0.1) is 19.2 Å². The van der Waals surface area contributed by atoms with Gasteiger partial charge in [-0.25, -0.2) is 0 Å². The fourth-order valence-corrected chi connectivity index (χ4v) is 4.85. The van der Waals surface area contributed by atoms with E-state index in [1.165, 1.54) is 5.19 Å². The van der Waals surface area contributed by atoms with Crippen molar-refractivity contribution < 1.29 is 0 Å². The second-order valence-corrected chi connectivity index (χ2v) is 9.09. The van der Waals surface area contributed by atoms with Crippen molar-refractivity contribution in [3.05, 3.63) is 36.9 Å². The van der Waals surface area contributed by atoms with Gasteiger partial charge in [0.25, 0.3) is 0 Å². The largest absolute Gasteiger partial charge is 0.144 e. The van der Waals surface area contributed by atoms with E-state index in [0.717, 1.165) is 10.9 Å². The van der Waals surface area contributed by atoms with Crippen LogP contribution in [0.3, 0.4) is 0 Å². The Hall–Kier alpha value is -0.473. The first-order chi connectivity index (χ1) is 6.08. The van der Waals surface area contributed by atoms with Gasteiger partial charge in [0.1, 0.15) is 0 Å². The Bertz CT molecular complexity index is 305. The lowest BCUT2D eigenvalue weighted by molar-refractivity contribution is 1.46. The maximum absolute atomic E-state index is 4.48. The van der Waals surface area contributed by atoms with Crippen molar-refractivity contribution in [2.75, 3.05) is 0 Å². The molecule has 0 radical (unpaired) electrons. The molecule has 70 valence electrons. The van der Waals surface area contributed by atoms with E-state index < -0.39 is 8.07 Å². The van der Waals surface area contributed by atoms with Crippen LogP contribution in [0.15, 0.2) is 41.8 Å². The summed E-state index contributed by atoms with van der Waals surface area (Å²) in [6.45, 7) is 8.51. The van der Waals surface area contributed by atoms with Crippen molar-refractivity contribution in [1.82, 2.24) is 0 Å². The van der Waals surface area contributed by atoms with E-state index in [1.807, 2.05) is 12.1 Å². The molecule has 0 unspecified atom stereocenters. The van der Waals surface area contributed by atoms with Crippen molar-refractivity contribution in [3.8, 4) is 0 Å². The van der Waals surface area contributed by atoms with E-state index in [0.29, 0.717) is 0 Å².